The van der Waals surface area contributed by atoms with Crippen molar-refractivity contribution in [2.45, 2.75) is 19.8 Å². The maximum Gasteiger partial charge on any atom is 0.231 e. The van der Waals surface area contributed by atoms with Crippen LogP contribution in [0.2, 0.25) is 0 Å². The van der Waals surface area contributed by atoms with Crippen molar-refractivity contribution in [3.63, 3.8) is 0 Å². The van der Waals surface area contributed by atoms with Gasteiger partial charge < -0.3 is 20.5 Å². The third-order valence-electron chi connectivity index (χ3n) is 3.45. The lowest BCUT2D eigenvalue weighted by atomic mass is 10.1. The largest absolute Gasteiger partial charge is 0.493 e. The van der Waals surface area contributed by atoms with Crippen molar-refractivity contribution in [2.24, 2.45) is 11.1 Å². The maximum atomic E-state index is 12.1. The minimum atomic E-state index is -0.355. The first kappa shape index (κ1) is 13.7. The molecule has 5 nitrogen and oxygen atoms in total. The zero-order valence-electron chi connectivity index (χ0n) is 11.4. The second-order valence-corrected chi connectivity index (χ2v) is 4.74. The van der Waals surface area contributed by atoms with Gasteiger partial charge in [0.25, 0.3) is 0 Å². The molecule has 0 radical (unpaired) electrons. The van der Waals surface area contributed by atoms with Gasteiger partial charge >= 0.3 is 0 Å². The van der Waals surface area contributed by atoms with Crippen LogP contribution in [0.3, 0.4) is 0 Å². The minimum absolute atomic E-state index is 0.0115. The molecule has 0 saturated heterocycles. The lowest BCUT2D eigenvalue weighted by Gasteiger charge is -2.15. The molecule has 0 aromatic heterocycles. The molecule has 1 amide bonds. The molecule has 0 spiro atoms. The molecule has 0 atom stereocenters. The molecule has 104 valence electrons. The van der Waals surface area contributed by atoms with Gasteiger partial charge in [-0.15, -0.1) is 0 Å². The Morgan fingerprint density at radius 1 is 1.42 bits per heavy atom. The monoisotopic (exact) mass is 264 g/mol. The van der Waals surface area contributed by atoms with E-state index in [-0.39, 0.29) is 11.3 Å². The lowest BCUT2D eigenvalue weighted by molar-refractivity contribution is -0.120. The average molecular weight is 264 g/mol. The molecule has 19 heavy (non-hydrogen) atoms. The number of rotatable bonds is 6. The Kier molecular flexibility index (Phi) is 3.95. The van der Waals surface area contributed by atoms with Crippen LogP contribution >= 0.6 is 0 Å². The lowest BCUT2D eigenvalue weighted by Crippen LogP contribution is -2.30. The molecule has 1 aromatic carbocycles. The molecule has 0 heterocycles. The van der Waals surface area contributed by atoms with Crippen LogP contribution in [0.25, 0.3) is 0 Å². The average Bonchev–Trinajstić information content (AvgIpc) is 3.20. The predicted octanol–water partition coefficient (Wildman–Crippen LogP) is 1.77. The minimum Gasteiger partial charge on any atom is -0.493 e. The summed E-state index contributed by atoms with van der Waals surface area (Å²) in [7, 11) is 1.59. The van der Waals surface area contributed by atoms with E-state index in [0.29, 0.717) is 30.3 Å². The molecule has 1 saturated carbocycles. The quantitative estimate of drug-likeness (QED) is 0.821. The van der Waals surface area contributed by atoms with Crippen LogP contribution in [0, 0.1) is 5.41 Å². The highest BCUT2D eigenvalue weighted by Crippen LogP contribution is 2.45. The second-order valence-electron chi connectivity index (χ2n) is 4.74. The fourth-order valence-electron chi connectivity index (χ4n) is 1.96. The smallest absolute Gasteiger partial charge is 0.231 e. The number of carbonyl (C=O) groups is 1. The number of benzene rings is 1. The normalized spacial score (nSPS) is 15.7. The van der Waals surface area contributed by atoms with Crippen LogP contribution in [0.1, 0.15) is 19.8 Å². The summed E-state index contributed by atoms with van der Waals surface area (Å²) in [6.45, 7) is 2.84. The van der Waals surface area contributed by atoms with Crippen LogP contribution in [0.15, 0.2) is 18.2 Å². The Morgan fingerprint density at radius 3 is 2.68 bits per heavy atom. The van der Waals surface area contributed by atoms with E-state index in [4.69, 9.17) is 15.2 Å². The van der Waals surface area contributed by atoms with E-state index < -0.39 is 0 Å². The molecular formula is C14H20N2O3. The Hall–Kier alpha value is -1.75. The highest BCUT2D eigenvalue weighted by atomic mass is 16.5. The molecule has 0 bridgehead atoms. The summed E-state index contributed by atoms with van der Waals surface area (Å²) < 4.78 is 10.7. The van der Waals surface area contributed by atoms with Gasteiger partial charge in [-0.25, -0.2) is 0 Å². The van der Waals surface area contributed by atoms with Gasteiger partial charge in [0.15, 0.2) is 11.5 Å². The molecule has 1 aliphatic rings. The van der Waals surface area contributed by atoms with Crippen LogP contribution in [0.5, 0.6) is 11.5 Å². The first-order valence-electron chi connectivity index (χ1n) is 6.47. The number of carbonyl (C=O) groups excluding carboxylic acids is 1. The number of amides is 1. The molecule has 1 aromatic rings. The Labute approximate surface area is 113 Å². The van der Waals surface area contributed by atoms with E-state index in [9.17, 15) is 4.79 Å². The molecule has 5 heteroatoms. The standard InChI is InChI=1S/C14H20N2O3/c1-3-19-12-8-10(4-5-11(12)18-2)16-13(17)14(9-15)6-7-14/h4-5,8H,3,6-7,9,15H2,1-2H3,(H,16,17). The number of hydrogen-bond acceptors (Lipinski definition) is 4. The van der Waals surface area contributed by atoms with Crippen molar-refractivity contribution in [1.82, 2.24) is 0 Å². The maximum absolute atomic E-state index is 12.1. The summed E-state index contributed by atoms with van der Waals surface area (Å²) in [6.07, 6.45) is 1.73. The second kappa shape index (κ2) is 5.48. The van der Waals surface area contributed by atoms with E-state index in [2.05, 4.69) is 5.32 Å². The molecule has 2 rings (SSSR count). The number of hydrogen-bond donors (Lipinski definition) is 2. The molecule has 0 aliphatic heterocycles. The fourth-order valence-corrected chi connectivity index (χ4v) is 1.96. The van der Waals surface area contributed by atoms with Crippen molar-refractivity contribution in [3.05, 3.63) is 18.2 Å². The van der Waals surface area contributed by atoms with Gasteiger partial charge in [0, 0.05) is 18.3 Å². The van der Waals surface area contributed by atoms with Gasteiger partial charge in [0.2, 0.25) is 5.91 Å². The Bertz CT molecular complexity index is 470. The van der Waals surface area contributed by atoms with Crippen molar-refractivity contribution >= 4 is 11.6 Å². The third kappa shape index (κ3) is 2.81. The highest BCUT2D eigenvalue weighted by molar-refractivity contribution is 5.97. The van der Waals surface area contributed by atoms with Gasteiger partial charge in [-0.1, -0.05) is 0 Å². The Balaban J connectivity index is 2.12. The number of ether oxygens (including phenoxy) is 2. The SMILES string of the molecule is CCOc1cc(NC(=O)C2(CN)CC2)ccc1OC. The zero-order chi connectivity index (χ0) is 13.9. The first-order chi connectivity index (χ1) is 9.15. The molecular weight excluding hydrogens is 244 g/mol. The highest BCUT2D eigenvalue weighted by Gasteiger charge is 2.48. The van der Waals surface area contributed by atoms with Crippen molar-refractivity contribution in [2.75, 3.05) is 25.6 Å². The van der Waals surface area contributed by atoms with Gasteiger partial charge in [-0.05, 0) is 31.9 Å². The van der Waals surface area contributed by atoms with Crippen LogP contribution in [-0.4, -0.2) is 26.2 Å². The van der Waals surface area contributed by atoms with Crippen molar-refractivity contribution < 1.29 is 14.3 Å². The summed E-state index contributed by atoms with van der Waals surface area (Å²) in [6, 6.07) is 5.35. The fraction of sp³-hybridized carbons (Fsp3) is 0.500. The number of methoxy groups -OCH3 is 1. The molecule has 3 N–H and O–H groups in total. The summed E-state index contributed by atoms with van der Waals surface area (Å²) in [5.74, 6) is 1.27. The zero-order valence-corrected chi connectivity index (χ0v) is 11.4. The van der Waals surface area contributed by atoms with Crippen LogP contribution in [0.4, 0.5) is 5.69 Å². The number of nitrogens with two attached hydrogens (primary N) is 1. The summed E-state index contributed by atoms with van der Waals surface area (Å²) in [5, 5.41) is 2.89. The van der Waals surface area contributed by atoms with Gasteiger partial charge in [-0.2, -0.15) is 0 Å². The molecule has 1 fully saturated rings. The van der Waals surface area contributed by atoms with E-state index in [1.54, 1.807) is 25.3 Å². The van der Waals surface area contributed by atoms with Crippen molar-refractivity contribution in [3.8, 4) is 11.5 Å². The van der Waals surface area contributed by atoms with Crippen LogP contribution in [-0.2, 0) is 4.79 Å². The summed E-state index contributed by atoms with van der Waals surface area (Å²) >= 11 is 0. The first-order valence-corrected chi connectivity index (χ1v) is 6.47. The molecule has 1 aliphatic carbocycles. The van der Waals surface area contributed by atoms with Gasteiger partial charge in [0.1, 0.15) is 0 Å². The van der Waals surface area contributed by atoms with Crippen molar-refractivity contribution in [1.29, 1.82) is 0 Å². The van der Waals surface area contributed by atoms with E-state index in [0.717, 1.165) is 12.8 Å². The number of nitrogens with one attached hydrogen (secondary N) is 1. The topological polar surface area (TPSA) is 73.6 Å². The Morgan fingerprint density at radius 2 is 2.16 bits per heavy atom. The summed E-state index contributed by atoms with van der Waals surface area (Å²) in [5.41, 5.74) is 5.99. The molecule has 0 unspecified atom stereocenters. The predicted molar refractivity (Wildman–Crippen MR) is 73.5 cm³/mol. The van der Waals surface area contributed by atoms with Crippen LogP contribution < -0.4 is 20.5 Å². The van der Waals surface area contributed by atoms with E-state index >= 15 is 0 Å². The number of anilines is 1. The van der Waals surface area contributed by atoms with E-state index in [1.165, 1.54) is 0 Å². The van der Waals surface area contributed by atoms with E-state index in [1.807, 2.05) is 6.92 Å². The third-order valence-corrected chi connectivity index (χ3v) is 3.45. The van der Waals surface area contributed by atoms with Gasteiger partial charge in [0.05, 0.1) is 19.1 Å². The summed E-state index contributed by atoms with van der Waals surface area (Å²) in [4.78, 5) is 12.1. The van der Waals surface area contributed by atoms with Gasteiger partial charge in [-0.3, -0.25) is 4.79 Å².